The van der Waals surface area contributed by atoms with Gasteiger partial charge in [-0.3, -0.25) is 14.4 Å². The Hall–Kier alpha value is -4.90. The fourth-order valence-electron chi connectivity index (χ4n) is 4.26. The highest BCUT2D eigenvalue weighted by Crippen LogP contribution is 2.30. The van der Waals surface area contributed by atoms with Gasteiger partial charge >= 0.3 is 0 Å². The first-order valence-corrected chi connectivity index (χ1v) is 16.2. The highest BCUT2D eigenvalue weighted by atomic mass is 35.5. The lowest BCUT2D eigenvalue weighted by Gasteiger charge is -2.14. The molecule has 0 saturated carbocycles. The maximum absolute atomic E-state index is 13.4. The van der Waals surface area contributed by atoms with Crippen LogP contribution in [0.3, 0.4) is 0 Å². The summed E-state index contributed by atoms with van der Waals surface area (Å²) in [5.41, 5.74) is 3.22. The maximum Gasteiger partial charge on any atom is 0.272 e. The quantitative estimate of drug-likeness (QED) is 0.0972. The third-order valence-corrected chi connectivity index (χ3v) is 8.65. The molecule has 5 rings (SSSR count). The monoisotopic (exact) mass is 668 g/mol. The Morgan fingerprint density at radius 1 is 0.913 bits per heavy atom. The molecule has 0 fully saturated rings. The molecule has 0 saturated heterocycles. The summed E-state index contributed by atoms with van der Waals surface area (Å²) in [5.74, 6) is -0.428. The third-order valence-electron chi connectivity index (χ3n) is 6.56. The molecule has 232 valence electrons. The number of nitrogens with one attached hydrogen (secondary N) is 3. The van der Waals surface area contributed by atoms with Crippen LogP contribution in [-0.2, 0) is 9.59 Å². The van der Waals surface area contributed by atoms with Crippen molar-refractivity contribution in [2.45, 2.75) is 17.1 Å². The normalized spacial score (nSPS) is 11.8. The second kappa shape index (κ2) is 15.4. The summed E-state index contributed by atoms with van der Waals surface area (Å²) in [4.78, 5) is 44.7. The lowest BCUT2D eigenvalue weighted by molar-refractivity contribution is -0.115. The van der Waals surface area contributed by atoms with E-state index in [1.807, 2.05) is 35.7 Å². The molecule has 8 nitrogen and oxygen atoms in total. The summed E-state index contributed by atoms with van der Waals surface area (Å²) < 4.78 is 5.29. The number of hydrogen-bond acceptors (Lipinski definition) is 7. The van der Waals surface area contributed by atoms with Gasteiger partial charge in [-0.1, -0.05) is 60.1 Å². The van der Waals surface area contributed by atoms with Crippen LogP contribution in [-0.4, -0.2) is 35.1 Å². The SMILES string of the molecule is COc1cccc(-c2csc(NC(=O)C(C)Sc3cccc(NC(=O)/C(=C/c4cccc(Cl)c4)NC(=O)c4ccccc4)c3)n2)c1. The molecule has 1 atom stereocenters. The molecule has 5 aromatic rings. The Morgan fingerprint density at radius 3 is 2.48 bits per heavy atom. The predicted octanol–water partition coefficient (Wildman–Crippen LogP) is 8.00. The van der Waals surface area contributed by atoms with E-state index in [0.29, 0.717) is 27.0 Å². The van der Waals surface area contributed by atoms with E-state index in [1.165, 1.54) is 23.1 Å². The molecule has 0 aliphatic rings. The minimum absolute atomic E-state index is 0.0404. The van der Waals surface area contributed by atoms with Gasteiger partial charge in [-0.2, -0.15) is 0 Å². The topological polar surface area (TPSA) is 109 Å². The minimum atomic E-state index is -0.521. The van der Waals surface area contributed by atoms with E-state index in [1.54, 1.807) is 92.9 Å². The number of ether oxygens (including phenoxy) is 1. The zero-order valence-electron chi connectivity index (χ0n) is 24.8. The summed E-state index contributed by atoms with van der Waals surface area (Å²) in [6, 6.07) is 30.3. The van der Waals surface area contributed by atoms with E-state index < -0.39 is 17.1 Å². The zero-order chi connectivity index (χ0) is 32.5. The first-order chi connectivity index (χ1) is 22.3. The Balaban J connectivity index is 1.25. The molecule has 0 aliphatic heterocycles. The Labute approximate surface area is 279 Å². The third kappa shape index (κ3) is 8.85. The van der Waals surface area contributed by atoms with Crippen molar-refractivity contribution in [1.82, 2.24) is 10.3 Å². The first kappa shape index (κ1) is 32.5. The maximum atomic E-state index is 13.4. The van der Waals surface area contributed by atoms with E-state index in [9.17, 15) is 14.4 Å². The molecule has 0 aliphatic carbocycles. The molecule has 1 aromatic heterocycles. The molecule has 3 amide bonds. The van der Waals surface area contributed by atoms with Crippen LogP contribution in [0.25, 0.3) is 17.3 Å². The standard InChI is InChI=1S/C35H29ClN4O4S2/c1-22(32(41)40-35-39-31(21-45-35)25-12-7-15-28(19-25)44-2)46-29-16-8-14-27(20-29)37-34(43)30(18-23-9-6-13-26(36)17-23)38-33(42)24-10-4-3-5-11-24/h3-22H,1-2H3,(H,37,43)(H,38,42)(H,39,40,41)/b30-18-. The summed E-state index contributed by atoms with van der Waals surface area (Å²) in [5, 5.41) is 10.9. The number of anilines is 2. The van der Waals surface area contributed by atoms with Crippen molar-refractivity contribution in [3.63, 3.8) is 0 Å². The van der Waals surface area contributed by atoms with Crippen LogP contribution in [0.1, 0.15) is 22.8 Å². The Kier molecular flexibility index (Phi) is 10.9. The number of aromatic nitrogens is 1. The van der Waals surface area contributed by atoms with Gasteiger partial charge in [-0.05, 0) is 73.2 Å². The van der Waals surface area contributed by atoms with Crippen molar-refractivity contribution < 1.29 is 19.1 Å². The zero-order valence-corrected chi connectivity index (χ0v) is 27.2. The van der Waals surface area contributed by atoms with Gasteiger partial charge in [0.1, 0.15) is 11.4 Å². The first-order valence-electron chi connectivity index (χ1n) is 14.1. The van der Waals surface area contributed by atoms with Crippen LogP contribution in [0.5, 0.6) is 5.75 Å². The van der Waals surface area contributed by atoms with Crippen LogP contribution < -0.4 is 20.7 Å². The molecule has 0 spiro atoms. The van der Waals surface area contributed by atoms with E-state index in [2.05, 4.69) is 20.9 Å². The number of thiazole rings is 1. The van der Waals surface area contributed by atoms with Crippen molar-refractivity contribution in [3.8, 4) is 17.0 Å². The number of nitrogens with zero attached hydrogens (tertiary/aromatic N) is 1. The van der Waals surface area contributed by atoms with Crippen LogP contribution in [0.15, 0.2) is 119 Å². The molecule has 11 heteroatoms. The van der Waals surface area contributed by atoms with Crippen molar-refractivity contribution in [1.29, 1.82) is 0 Å². The summed E-state index contributed by atoms with van der Waals surface area (Å²) in [7, 11) is 1.61. The van der Waals surface area contributed by atoms with Crippen molar-refractivity contribution in [2.75, 3.05) is 17.7 Å². The van der Waals surface area contributed by atoms with E-state index >= 15 is 0 Å². The summed E-state index contributed by atoms with van der Waals surface area (Å²) >= 11 is 8.83. The lowest BCUT2D eigenvalue weighted by Crippen LogP contribution is -2.30. The van der Waals surface area contributed by atoms with Crippen molar-refractivity contribution in [2.24, 2.45) is 0 Å². The number of thioether (sulfide) groups is 1. The lowest BCUT2D eigenvalue weighted by atomic mass is 10.1. The molecule has 46 heavy (non-hydrogen) atoms. The molecule has 1 unspecified atom stereocenters. The number of halogens is 1. The number of methoxy groups -OCH3 is 1. The van der Waals surface area contributed by atoms with Gasteiger partial charge in [0.15, 0.2) is 5.13 Å². The molecule has 3 N–H and O–H groups in total. The number of carbonyl (C=O) groups excluding carboxylic acids is 3. The van der Waals surface area contributed by atoms with Gasteiger partial charge in [0, 0.05) is 32.1 Å². The Morgan fingerprint density at radius 2 is 1.70 bits per heavy atom. The average Bonchev–Trinajstić information content (AvgIpc) is 3.53. The highest BCUT2D eigenvalue weighted by Gasteiger charge is 2.18. The van der Waals surface area contributed by atoms with Gasteiger partial charge in [-0.15, -0.1) is 23.1 Å². The van der Waals surface area contributed by atoms with E-state index in [4.69, 9.17) is 16.3 Å². The van der Waals surface area contributed by atoms with Crippen LogP contribution in [0.4, 0.5) is 10.8 Å². The van der Waals surface area contributed by atoms with Crippen molar-refractivity contribution >= 4 is 69.3 Å². The molecular weight excluding hydrogens is 640 g/mol. The second-order valence-electron chi connectivity index (χ2n) is 9.93. The van der Waals surface area contributed by atoms with Gasteiger partial charge in [-0.25, -0.2) is 4.98 Å². The van der Waals surface area contributed by atoms with Crippen LogP contribution in [0.2, 0.25) is 5.02 Å². The van der Waals surface area contributed by atoms with Crippen LogP contribution in [0, 0.1) is 0 Å². The smallest absolute Gasteiger partial charge is 0.272 e. The van der Waals surface area contributed by atoms with Gasteiger partial charge < -0.3 is 20.7 Å². The van der Waals surface area contributed by atoms with Crippen molar-refractivity contribution in [3.05, 3.63) is 130 Å². The largest absolute Gasteiger partial charge is 0.497 e. The number of hydrogen-bond donors (Lipinski definition) is 3. The number of benzene rings is 4. The van der Waals surface area contributed by atoms with E-state index in [-0.39, 0.29) is 11.6 Å². The highest BCUT2D eigenvalue weighted by molar-refractivity contribution is 8.00. The molecule has 0 bridgehead atoms. The predicted molar refractivity (Wildman–Crippen MR) is 186 cm³/mol. The Bertz CT molecular complexity index is 1890. The molecular formula is C35H29ClN4O4S2. The molecule has 1 heterocycles. The number of carbonyl (C=O) groups is 3. The number of amides is 3. The fourth-order valence-corrected chi connectivity index (χ4v) is 6.11. The molecule has 4 aromatic carbocycles. The van der Waals surface area contributed by atoms with Gasteiger partial charge in [0.2, 0.25) is 5.91 Å². The average molecular weight is 669 g/mol. The van der Waals surface area contributed by atoms with E-state index in [0.717, 1.165) is 21.9 Å². The van der Waals surface area contributed by atoms with Gasteiger partial charge in [0.05, 0.1) is 18.1 Å². The molecule has 0 radical (unpaired) electrons. The second-order valence-corrected chi connectivity index (χ2v) is 12.6. The minimum Gasteiger partial charge on any atom is -0.497 e. The summed E-state index contributed by atoms with van der Waals surface area (Å²) in [6.07, 6.45) is 1.56. The van der Waals surface area contributed by atoms with Crippen LogP contribution >= 0.6 is 34.7 Å². The number of rotatable bonds is 11. The summed E-state index contributed by atoms with van der Waals surface area (Å²) in [6.45, 7) is 1.80. The van der Waals surface area contributed by atoms with Gasteiger partial charge in [0.25, 0.3) is 11.8 Å². The fraction of sp³-hybridized carbons (Fsp3) is 0.0857.